The molecule has 2 aliphatic rings. The van der Waals surface area contributed by atoms with Crippen LogP contribution in [0.15, 0.2) is 43.0 Å². The van der Waals surface area contributed by atoms with E-state index in [-0.39, 0.29) is 6.03 Å². The van der Waals surface area contributed by atoms with Crippen molar-refractivity contribution < 1.29 is 4.79 Å². The number of carbonyl (C=O) groups excluding carboxylic acids is 1. The molecule has 2 amide bonds. The highest BCUT2D eigenvalue weighted by atomic mass is 16.2. The molecule has 6 heteroatoms. The van der Waals surface area contributed by atoms with E-state index in [0.29, 0.717) is 12.1 Å². The molecule has 0 bridgehead atoms. The van der Waals surface area contributed by atoms with Crippen LogP contribution >= 0.6 is 0 Å². The van der Waals surface area contributed by atoms with Crippen molar-refractivity contribution in [3.8, 4) is 5.69 Å². The number of carbonyl (C=O) groups is 1. The normalized spacial score (nSPS) is 21.8. The summed E-state index contributed by atoms with van der Waals surface area (Å²) in [5.41, 5.74) is 1.85. The SMILES string of the molecule is C[C@@H]1CCCCN1C1CN(C(=O)Nc2ccc(-n3ccnc3)cc2)C1. The molecule has 1 atom stereocenters. The predicted octanol–water partition coefficient (Wildman–Crippen LogP) is 2.96. The fraction of sp³-hybridized carbons (Fsp3) is 0.474. The minimum atomic E-state index is -0.00343. The first-order valence-corrected chi connectivity index (χ1v) is 9.11. The largest absolute Gasteiger partial charge is 0.321 e. The molecule has 3 heterocycles. The number of piperidine rings is 1. The zero-order valence-electron chi connectivity index (χ0n) is 14.6. The number of urea groups is 1. The van der Waals surface area contributed by atoms with Crippen molar-refractivity contribution in [1.82, 2.24) is 19.4 Å². The van der Waals surface area contributed by atoms with Crippen molar-refractivity contribution in [3.05, 3.63) is 43.0 Å². The zero-order valence-corrected chi connectivity index (χ0v) is 14.6. The van der Waals surface area contributed by atoms with Gasteiger partial charge in [0.25, 0.3) is 0 Å². The van der Waals surface area contributed by atoms with Crippen LogP contribution in [0.3, 0.4) is 0 Å². The molecule has 0 aliphatic carbocycles. The van der Waals surface area contributed by atoms with E-state index in [1.54, 1.807) is 12.5 Å². The van der Waals surface area contributed by atoms with Gasteiger partial charge in [-0.3, -0.25) is 4.90 Å². The van der Waals surface area contributed by atoms with Crippen LogP contribution in [0.25, 0.3) is 5.69 Å². The molecule has 2 aliphatic heterocycles. The molecule has 0 saturated carbocycles. The summed E-state index contributed by atoms with van der Waals surface area (Å²) in [7, 11) is 0. The van der Waals surface area contributed by atoms with E-state index >= 15 is 0 Å². The van der Waals surface area contributed by atoms with Crippen molar-refractivity contribution in [2.75, 3.05) is 25.0 Å². The Balaban J connectivity index is 1.30. The van der Waals surface area contributed by atoms with E-state index in [4.69, 9.17) is 0 Å². The third kappa shape index (κ3) is 3.39. The lowest BCUT2D eigenvalue weighted by Crippen LogP contribution is -2.64. The smallest absolute Gasteiger partial charge is 0.321 e. The molecule has 0 unspecified atom stereocenters. The molecule has 2 saturated heterocycles. The van der Waals surface area contributed by atoms with Gasteiger partial charge in [0.1, 0.15) is 0 Å². The van der Waals surface area contributed by atoms with E-state index in [2.05, 4.69) is 22.1 Å². The van der Waals surface area contributed by atoms with Gasteiger partial charge in [-0.1, -0.05) is 6.42 Å². The van der Waals surface area contributed by atoms with Gasteiger partial charge in [0.15, 0.2) is 0 Å². The van der Waals surface area contributed by atoms with Gasteiger partial charge < -0.3 is 14.8 Å². The summed E-state index contributed by atoms with van der Waals surface area (Å²) in [5.74, 6) is 0. The third-order valence-corrected chi connectivity index (χ3v) is 5.39. The molecule has 4 rings (SSSR count). The maximum Gasteiger partial charge on any atom is 0.321 e. The van der Waals surface area contributed by atoms with Crippen LogP contribution in [0.5, 0.6) is 0 Å². The summed E-state index contributed by atoms with van der Waals surface area (Å²) >= 11 is 0. The molecule has 0 spiro atoms. The van der Waals surface area contributed by atoms with E-state index < -0.39 is 0 Å². The summed E-state index contributed by atoms with van der Waals surface area (Å²) in [5, 5.41) is 2.99. The van der Waals surface area contributed by atoms with Crippen LogP contribution in [-0.2, 0) is 0 Å². The summed E-state index contributed by atoms with van der Waals surface area (Å²) in [4.78, 5) is 20.9. The molecular weight excluding hydrogens is 314 g/mol. The monoisotopic (exact) mass is 339 g/mol. The lowest BCUT2D eigenvalue weighted by Gasteiger charge is -2.49. The number of nitrogens with one attached hydrogen (secondary N) is 1. The molecule has 132 valence electrons. The maximum atomic E-state index is 12.4. The summed E-state index contributed by atoms with van der Waals surface area (Å²) < 4.78 is 1.94. The second kappa shape index (κ2) is 6.88. The first-order valence-electron chi connectivity index (χ1n) is 9.11. The molecule has 1 aromatic carbocycles. The minimum Gasteiger partial charge on any atom is -0.321 e. The zero-order chi connectivity index (χ0) is 17.2. The van der Waals surface area contributed by atoms with E-state index in [1.165, 1.54) is 25.8 Å². The highest BCUT2D eigenvalue weighted by molar-refractivity contribution is 5.90. The Kier molecular flexibility index (Phi) is 4.44. The third-order valence-electron chi connectivity index (χ3n) is 5.39. The van der Waals surface area contributed by atoms with Crippen LogP contribution in [0.1, 0.15) is 26.2 Å². The quantitative estimate of drug-likeness (QED) is 0.935. The number of nitrogens with zero attached hydrogens (tertiary/aromatic N) is 4. The highest BCUT2D eigenvalue weighted by Gasteiger charge is 2.37. The number of hydrogen-bond acceptors (Lipinski definition) is 3. The van der Waals surface area contributed by atoms with E-state index in [9.17, 15) is 4.79 Å². The minimum absolute atomic E-state index is 0.00343. The number of aromatic nitrogens is 2. The Labute approximate surface area is 148 Å². The van der Waals surface area contributed by atoms with Gasteiger partial charge in [-0.05, 0) is 50.6 Å². The van der Waals surface area contributed by atoms with Gasteiger partial charge in [0, 0.05) is 48.9 Å². The van der Waals surface area contributed by atoms with Crippen molar-refractivity contribution in [1.29, 1.82) is 0 Å². The molecule has 2 aromatic rings. The Morgan fingerprint density at radius 3 is 2.68 bits per heavy atom. The van der Waals surface area contributed by atoms with Gasteiger partial charge in [-0.25, -0.2) is 9.78 Å². The molecular formula is C19H25N5O. The Bertz CT molecular complexity index is 706. The summed E-state index contributed by atoms with van der Waals surface area (Å²) in [6.45, 7) is 5.16. The standard InChI is InChI=1S/C19H25N5O/c1-15-4-2-3-10-24(15)18-12-23(13-18)19(25)21-16-5-7-17(8-6-16)22-11-9-20-14-22/h5-9,11,14-15,18H,2-4,10,12-13H2,1H3,(H,21,25)/t15-/m1/s1. The van der Waals surface area contributed by atoms with Crippen LogP contribution in [0.2, 0.25) is 0 Å². The van der Waals surface area contributed by atoms with Crippen molar-refractivity contribution in [2.24, 2.45) is 0 Å². The lowest BCUT2D eigenvalue weighted by molar-refractivity contribution is 0.0199. The second-order valence-corrected chi connectivity index (χ2v) is 7.09. The van der Waals surface area contributed by atoms with Crippen molar-refractivity contribution >= 4 is 11.7 Å². The molecule has 2 fully saturated rings. The van der Waals surface area contributed by atoms with Gasteiger partial charge >= 0.3 is 6.03 Å². The summed E-state index contributed by atoms with van der Waals surface area (Å²) in [6, 6.07) is 8.99. The average molecular weight is 339 g/mol. The number of amides is 2. The number of benzene rings is 1. The van der Waals surface area contributed by atoms with Crippen LogP contribution in [0, 0.1) is 0 Å². The van der Waals surface area contributed by atoms with Gasteiger partial charge in [-0.15, -0.1) is 0 Å². The molecule has 25 heavy (non-hydrogen) atoms. The molecule has 1 N–H and O–H groups in total. The predicted molar refractivity (Wildman–Crippen MR) is 98.0 cm³/mol. The Morgan fingerprint density at radius 1 is 1.20 bits per heavy atom. The second-order valence-electron chi connectivity index (χ2n) is 7.09. The number of imidazole rings is 1. The number of rotatable bonds is 3. The van der Waals surface area contributed by atoms with Gasteiger partial charge in [-0.2, -0.15) is 0 Å². The first kappa shape index (κ1) is 16.1. The Morgan fingerprint density at radius 2 is 2.00 bits per heavy atom. The first-order chi connectivity index (χ1) is 12.2. The van der Waals surface area contributed by atoms with Crippen molar-refractivity contribution in [3.63, 3.8) is 0 Å². The average Bonchev–Trinajstić information content (AvgIpc) is 3.10. The molecule has 1 aromatic heterocycles. The highest BCUT2D eigenvalue weighted by Crippen LogP contribution is 2.25. The topological polar surface area (TPSA) is 53.4 Å². The van der Waals surface area contributed by atoms with Crippen molar-refractivity contribution in [2.45, 2.75) is 38.3 Å². The number of hydrogen-bond donors (Lipinski definition) is 1. The van der Waals surface area contributed by atoms with Gasteiger partial charge in [0.2, 0.25) is 0 Å². The van der Waals surface area contributed by atoms with E-state index in [0.717, 1.165) is 24.5 Å². The molecule has 6 nitrogen and oxygen atoms in total. The van der Waals surface area contributed by atoms with E-state index in [1.807, 2.05) is 39.9 Å². The number of anilines is 1. The lowest BCUT2D eigenvalue weighted by atomic mass is 9.98. The van der Waals surface area contributed by atoms with Crippen LogP contribution in [0.4, 0.5) is 10.5 Å². The Hall–Kier alpha value is -2.34. The summed E-state index contributed by atoms with van der Waals surface area (Å²) in [6.07, 6.45) is 9.32. The van der Waals surface area contributed by atoms with Crippen LogP contribution < -0.4 is 5.32 Å². The fourth-order valence-electron chi connectivity index (χ4n) is 3.82. The molecule has 0 radical (unpaired) electrons. The maximum absolute atomic E-state index is 12.4. The van der Waals surface area contributed by atoms with Crippen LogP contribution in [-0.4, -0.2) is 57.1 Å². The number of likely N-dealkylation sites (tertiary alicyclic amines) is 2. The fourth-order valence-corrected chi connectivity index (χ4v) is 3.82. The van der Waals surface area contributed by atoms with Gasteiger partial charge in [0.05, 0.1) is 6.33 Å².